The zero-order chi connectivity index (χ0) is 22.9. The number of amides is 2. The van der Waals surface area contributed by atoms with Crippen molar-refractivity contribution >= 4 is 29.8 Å². The predicted molar refractivity (Wildman–Crippen MR) is 122 cm³/mol. The van der Waals surface area contributed by atoms with Crippen LogP contribution in [0.5, 0.6) is 5.75 Å². The number of aryl methyl sites for hydroxylation is 2. The van der Waals surface area contributed by atoms with Crippen LogP contribution in [-0.2, 0) is 14.3 Å². The minimum atomic E-state index is -0.395. The van der Waals surface area contributed by atoms with Gasteiger partial charge in [0, 0.05) is 24.5 Å². The first kappa shape index (κ1) is 23.7. The molecule has 170 valence electrons. The second kappa shape index (κ2) is 11.6. The fourth-order valence-electron chi connectivity index (χ4n) is 2.92. The number of rotatable bonds is 8. The lowest BCUT2D eigenvalue weighted by Gasteiger charge is -2.26. The summed E-state index contributed by atoms with van der Waals surface area (Å²) in [6, 6.07) is 8.99. The van der Waals surface area contributed by atoms with E-state index in [0.29, 0.717) is 37.2 Å². The lowest BCUT2D eigenvalue weighted by molar-refractivity contribution is -0.137. The fraction of sp³-hybridized carbons (Fsp3) is 0.409. The Morgan fingerprint density at radius 2 is 1.88 bits per heavy atom. The molecule has 1 atom stereocenters. The van der Waals surface area contributed by atoms with E-state index >= 15 is 0 Å². The first-order valence-corrected chi connectivity index (χ1v) is 11.2. The topological polar surface area (TPSA) is 106 Å². The van der Waals surface area contributed by atoms with Crippen molar-refractivity contribution < 1.29 is 19.1 Å². The minimum Gasteiger partial charge on any atom is -0.484 e. The lowest BCUT2D eigenvalue weighted by atomic mass is 10.2. The second-order valence-electron chi connectivity index (χ2n) is 7.28. The number of hydrogen-bond donors (Lipinski definition) is 1. The molecule has 0 bridgehead atoms. The lowest BCUT2D eigenvalue weighted by Crippen LogP contribution is -2.42. The summed E-state index contributed by atoms with van der Waals surface area (Å²) in [6.07, 6.45) is 1.55. The van der Waals surface area contributed by atoms with Crippen LogP contribution in [-0.4, -0.2) is 71.1 Å². The molecule has 32 heavy (non-hydrogen) atoms. The Morgan fingerprint density at radius 1 is 1.22 bits per heavy atom. The van der Waals surface area contributed by atoms with Gasteiger partial charge in [-0.25, -0.2) is 15.4 Å². The van der Waals surface area contributed by atoms with Crippen molar-refractivity contribution in [3.05, 3.63) is 47.3 Å². The zero-order valence-electron chi connectivity index (χ0n) is 18.4. The van der Waals surface area contributed by atoms with E-state index in [1.165, 1.54) is 11.8 Å². The summed E-state index contributed by atoms with van der Waals surface area (Å²) in [5.74, 6) is 0.293. The number of thioether (sulfide) groups is 1. The number of nitrogens with one attached hydrogen (secondary N) is 1. The standard InChI is InChI=1S/C22H27N5O4S/c1-15-12-16(2)25-22(24-15)32-17(3)21(29)26-23-13-18-4-6-19(7-5-18)31-14-20(28)27-8-10-30-11-9-27/h4-7,12-13,17H,8-11,14H2,1-3H3,(H,26,29)/b23-13-/t17-/m0/s1. The highest BCUT2D eigenvalue weighted by Crippen LogP contribution is 2.20. The van der Waals surface area contributed by atoms with E-state index in [0.717, 1.165) is 17.0 Å². The second-order valence-corrected chi connectivity index (χ2v) is 8.59. The molecular weight excluding hydrogens is 430 g/mol. The van der Waals surface area contributed by atoms with Crippen molar-refractivity contribution in [2.45, 2.75) is 31.2 Å². The number of morpholine rings is 1. The number of hydrogen-bond acceptors (Lipinski definition) is 8. The van der Waals surface area contributed by atoms with Gasteiger partial charge in [0.25, 0.3) is 11.8 Å². The normalized spacial score (nSPS) is 14.9. The van der Waals surface area contributed by atoms with Crippen LogP contribution >= 0.6 is 11.8 Å². The number of carbonyl (C=O) groups excluding carboxylic acids is 2. The fourth-order valence-corrected chi connectivity index (χ4v) is 3.79. The first-order chi connectivity index (χ1) is 15.4. The Hall–Kier alpha value is -2.98. The Labute approximate surface area is 191 Å². The summed E-state index contributed by atoms with van der Waals surface area (Å²) in [6.45, 7) is 7.87. The number of hydrazone groups is 1. The van der Waals surface area contributed by atoms with Crippen LogP contribution in [0.4, 0.5) is 0 Å². The third-order valence-corrected chi connectivity index (χ3v) is 5.57. The number of aromatic nitrogens is 2. The molecule has 3 rings (SSSR count). The Kier molecular flexibility index (Phi) is 8.57. The average Bonchev–Trinajstić information content (AvgIpc) is 2.78. The van der Waals surface area contributed by atoms with Crippen molar-refractivity contribution in [2.24, 2.45) is 5.10 Å². The van der Waals surface area contributed by atoms with Gasteiger partial charge in [0.2, 0.25) is 0 Å². The number of benzene rings is 1. The summed E-state index contributed by atoms with van der Waals surface area (Å²) >= 11 is 1.28. The van der Waals surface area contributed by atoms with Crippen LogP contribution in [0.15, 0.2) is 40.6 Å². The van der Waals surface area contributed by atoms with Gasteiger partial charge in [0.05, 0.1) is 24.7 Å². The van der Waals surface area contributed by atoms with Crippen molar-refractivity contribution in [1.29, 1.82) is 0 Å². The monoisotopic (exact) mass is 457 g/mol. The quantitative estimate of drug-likeness (QED) is 0.280. The van der Waals surface area contributed by atoms with Crippen LogP contribution in [0.3, 0.4) is 0 Å². The summed E-state index contributed by atoms with van der Waals surface area (Å²) in [5.41, 5.74) is 5.05. The van der Waals surface area contributed by atoms with E-state index in [-0.39, 0.29) is 18.4 Å². The molecule has 0 unspecified atom stereocenters. The summed E-state index contributed by atoms with van der Waals surface area (Å²) < 4.78 is 10.8. The van der Waals surface area contributed by atoms with Crippen LogP contribution in [0.1, 0.15) is 23.9 Å². The van der Waals surface area contributed by atoms with Gasteiger partial charge in [-0.3, -0.25) is 9.59 Å². The van der Waals surface area contributed by atoms with E-state index in [2.05, 4.69) is 20.5 Å². The Morgan fingerprint density at radius 3 is 2.53 bits per heavy atom. The third-order valence-electron chi connectivity index (χ3n) is 4.61. The van der Waals surface area contributed by atoms with Crippen LogP contribution in [0.2, 0.25) is 0 Å². The molecule has 0 saturated carbocycles. The van der Waals surface area contributed by atoms with Gasteiger partial charge >= 0.3 is 0 Å². The van der Waals surface area contributed by atoms with Gasteiger partial charge in [-0.1, -0.05) is 11.8 Å². The number of carbonyl (C=O) groups is 2. The molecule has 1 aromatic carbocycles. The molecule has 0 radical (unpaired) electrons. The van der Waals surface area contributed by atoms with Crippen molar-refractivity contribution in [2.75, 3.05) is 32.9 Å². The number of nitrogens with zero attached hydrogens (tertiary/aromatic N) is 4. The highest BCUT2D eigenvalue weighted by Gasteiger charge is 2.17. The van der Waals surface area contributed by atoms with Gasteiger partial charge in [-0.15, -0.1) is 0 Å². The van der Waals surface area contributed by atoms with Gasteiger partial charge in [-0.05, 0) is 56.7 Å². The molecule has 1 N–H and O–H groups in total. The van der Waals surface area contributed by atoms with Crippen molar-refractivity contribution in [3.8, 4) is 5.75 Å². The van der Waals surface area contributed by atoms with Gasteiger partial charge in [0.15, 0.2) is 11.8 Å². The van der Waals surface area contributed by atoms with E-state index in [9.17, 15) is 9.59 Å². The molecular formula is C22H27N5O4S. The summed E-state index contributed by atoms with van der Waals surface area (Å²) in [5, 5.41) is 4.18. The Balaban J connectivity index is 1.43. The molecule has 2 amide bonds. The van der Waals surface area contributed by atoms with Crippen LogP contribution < -0.4 is 10.2 Å². The molecule has 1 fully saturated rings. The van der Waals surface area contributed by atoms with Crippen LogP contribution in [0, 0.1) is 13.8 Å². The molecule has 1 aromatic heterocycles. The summed E-state index contributed by atoms with van der Waals surface area (Å²) in [7, 11) is 0. The number of ether oxygens (including phenoxy) is 2. The molecule has 9 nitrogen and oxygen atoms in total. The predicted octanol–water partition coefficient (Wildman–Crippen LogP) is 1.96. The van der Waals surface area contributed by atoms with E-state index in [1.807, 2.05) is 19.9 Å². The average molecular weight is 458 g/mol. The van der Waals surface area contributed by atoms with Crippen molar-refractivity contribution in [3.63, 3.8) is 0 Å². The van der Waals surface area contributed by atoms with Crippen LogP contribution in [0.25, 0.3) is 0 Å². The summed E-state index contributed by atoms with van der Waals surface area (Å²) in [4.78, 5) is 34.8. The maximum atomic E-state index is 12.3. The highest BCUT2D eigenvalue weighted by molar-refractivity contribution is 8.00. The largest absolute Gasteiger partial charge is 0.484 e. The maximum Gasteiger partial charge on any atom is 0.260 e. The molecule has 2 heterocycles. The molecule has 0 aliphatic carbocycles. The SMILES string of the molecule is Cc1cc(C)nc(S[C@@H](C)C(=O)N/N=C\c2ccc(OCC(=O)N3CCOCC3)cc2)n1. The van der Waals surface area contributed by atoms with Gasteiger partial charge in [0.1, 0.15) is 5.75 Å². The molecule has 1 aliphatic rings. The van der Waals surface area contributed by atoms with Gasteiger partial charge in [-0.2, -0.15) is 5.10 Å². The molecule has 0 spiro atoms. The smallest absolute Gasteiger partial charge is 0.260 e. The van der Waals surface area contributed by atoms with E-state index < -0.39 is 5.25 Å². The Bertz CT molecular complexity index is 941. The molecule has 1 aliphatic heterocycles. The highest BCUT2D eigenvalue weighted by atomic mass is 32.2. The van der Waals surface area contributed by atoms with E-state index in [4.69, 9.17) is 9.47 Å². The van der Waals surface area contributed by atoms with Gasteiger partial charge < -0.3 is 14.4 Å². The third kappa shape index (κ3) is 7.31. The van der Waals surface area contributed by atoms with Crippen molar-refractivity contribution in [1.82, 2.24) is 20.3 Å². The molecule has 2 aromatic rings. The first-order valence-electron chi connectivity index (χ1n) is 10.3. The van der Waals surface area contributed by atoms with E-state index in [1.54, 1.807) is 42.3 Å². The maximum absolute atomic E-state index is 12.3. The minimum absolute atomic E-state index is 0.0107. The zero-order valence-corrected chi connectivity index (χ0v) is 19.2. The molecule has 1 saturated heterocycles. The molecule has 10 heteroatoms.